The summed E-state index contributed by atoms with van der Waals surface area (Å²) < 4.78 is 32.3. The van der Waals surface area contributed by atoms with Crippen molar-refractivity contribution in [2.45, 2.75) is 18.2 Å². The first-order chi connectivity index (χ1) is 8.90. The van der Waals surface area contributed by atoms with Gasteiger partial charge >= 0.3 is 0 Å². The lowest BCUT2D eigenvalue weighted by molar-refractivity contribution is 0.186. The lowest BCUT2D eigenvalue weighted by Gasteiger charge is -2.13. The Morgan fingerprint density at radius 2 is 2.26 bits per heavy atom. The molecule has 0 amide bonds. The van der Waals surface area contributed by atoms with Gasteiger partial charge in [-0.25, -0.2) is 13.1 Å². The standard InChI is InChI=1S/C12H17ClN2O3S/c1-8-4-10(13)11(14)5-12(8)19(16,17)15-6-9-2-3-18-7-9/h4-5,9,15H,2-3,6-7,14H2,1H3. The van der Waals surface area contributed by atoms with E-state index in [0.29, 0.717) is 30.3 Å². The summed E-state index contributed by atoms with van der Waals surface area (Å²) in [6, 6.07) is 2.95. The number of hydrogen-bond acceptors (Lipinski definition) is 4. The van der Waals surface area contributed by atoms with Gasteiger partial charge in [0.05, 0.1) is 22.2 Å². The highest BCUT2D eigenvalue weighted by molar-refractivity contribution is 7.89. The zero-order valence-corrected chi connectivity index (χ0v) is 12.2. The summed E-state index contributed by atoms with van der Waals surface area (Å²) in [5, 5.41) is 0.362. The summed E-state index contributed by atoms with van der Waals surface area (Å²) in [4.78, 5) is 0.174. The Morgan fingerprint density at radius 1 is 1.53 bits per heavy atom. The number of benzene rings is 1. The van der Waals surface area contributed by atoms with E-state index >= 15 is 0 Å². The molecule has 1 heterocycles. The van der Waals surface area contributed by atoms with Gasteiger partial charge in [-0.2, -0.15) is 0 Å². The van der Waals surface area contributed by atoms with Gasteiger partial charge in [-0.15, -0.1) is 0 Å². The zero-order valence-electron chi connectivity index (χ0n) is 10.6. The van der Waals surface area contributed by atoms with Crippen LogP contribution in [0.3, 0.4) is 0 Å². The van der Waals surface area contributed by atoms with Gasteiger partial charge < -0.3 is 10.5 Å². The molecule has 7 heteroatoms. The second kappa shape index (κ2) is 5.66. The van der Waals surface area contributed by atoms with Crippen molar-refractivity contribution in [3.05, 3.63) is 22.7 Å². The van der Waals surface area contributed by atoms with Crippen LogP contribution in [0.2, 0.25) is 5.02 Å². The summed E-state index contributed by atoms with van der Waals surface area (Å²) in [5.74, 6) is 0.236. The molecule has 0 aromatic heterocycles. The molecule has 1 saturated heterocycles. The third kappa shape index (κ3) is 3.39. The highest BCUT2D eigenvalue weighted by atomic mass is 35.5. The molecular formula is C12H17ClN2O3S. The number of aryl methyl sites for hydroxylation is 1. The van der Waals surface area contributed by atoms with Crippen LogP contribution in [-0.2, 0) is 14.8 Å². The number of anilines is 1. The molecule has 19 heavy (non-hydrogen) atoms. The number of nitrogens with one attached hydrogen (secondary N) is 1. The molecule has 1 aliphatic heterocycles. The molecule has 3 N–H and O–H groups in total. The summed E-state index contributed by atoms with van der Waals surface area (Å²) >= 11 is 5.86. The van der Waals surface area contributed by atoms with E-state index in [4.69, 9.17) is 22.1 Å². The molecule has 1 fully saturated rings. The van der Waals surface area contributed by atoms with E-state index in [9.17, 15) is 8.42 Å². The predicted molar refractivity (Wildman–Crippen MR) is 74.7 cm³/mol. The van der Waals surface area contributed by atoms with E-state index in [1.807, 2.05) is 0 Å². The molecule has 0 spiro atoms. The lowest BCUT2D eigenvalue weighted by atomic mass is 10.1. The Bertz CT molecular complexity index is 569. The normalized spacial score (nSPS) is 19.8. The summed E-state index contributed by atoms with van der Waals surface area (Å²) in [6.07, 6.45) is 0.879. The molecule has 0 radical (unpaired) electrons. The molecular weight excluding hydrogens is 288 g/mol. The fourth-order valence-electron chi connectivity index (χ4n) is 2.01. The van der Waals surface area contributed by atoms with Crippen molar-refractivity contribution in [2.24, 2.45) is 5.92 Å². The Balaban J connectivity index is 2.16. The van der Waals surface area contributed by atoms with E-state index < -0.39 is 10.0 Å². The molecule has 0 aliphatic carbocycles. The van der Waals surface area contributed by atoms with E-state index in [-0.39, 0.29) is 16.5 Å². The van der Waals surface area contributed by atoms with Crippen LogP contribution in [-0.4, -0.2) is 28.2 Å². The van der Waals surface area contributed by atoms with Crippen molar-refractivity contribution < 1.29 is 13.2 Å². The van der Waals surface area contributed by atoms with Crippen molar-refractivity contribution in [1.29, 1.82) is 0 Å². The third-order valence-electron chi connectivity index (χ3n) is 3.17. The minimum Gasteiger partial charge on any atom is -0.397 e. The van der Waals surface area contributed by atoms with Gasteiger partial charge in [-0.05, 0) is 37.0 Å². The smallest absolute Gasteiger partial charge is 0.240 e. The average Bonchev–Trinajstić information content (AvgIpc) is 2.84. The highest BCUT2D eigenvalue weighted by Crippen LogP contribution is 2.26. The topological polar surface area (TPSA) is 81.4 Å². The number of rotatable bonds is 4. The Labute approximate surface area is 118 Å². The quantitative estimate of drug-likeness (QED) is 0.827. The van der Waals surface area contributed by atoms with Crippen LogP contribution in [0.4, 0.5) is 5.69 Å². The highest BCUT2D eigenvalue weighted by Gasteiger charge is 2.22. The molecule has 1 aliphatic rings. The number of nitrogen functional groups attached to an aromatic ring is 1. The molecule has 2 rings (SSSR count). The van der Waals surface area contributed by atoms with Crippen molar-refractivity contribution in [3.63, 3.8) is 0 Å². The maximum absolute atomic E-state index is 12.2. The maximum Gasteiger partial charge on any atom is 0.240 e. The molecule has 1 aromatic carbocycles. The molecule has 5 nitrogen and oxygen atoms in total. The number of nitrogens with two attached hydrogens (primary N) is 1. The Hall–Kier alpha value is -0.820. The van der Waals surface area contributed by atoms with Gasteiger partial charge in [0.25, 0.3) is 0 Å². The maximum atomic E-state index is 12.2. The van der Waals surface area contributed by atoms with Gasteiger partial charge in [0, 0.05) is 13.2 Å². The summed E-state index contributed by atoms with van der Waals surface area (Å²) in [6.45, 7) is 3.37. The van der Waals surface area contributed by atoms with Gasteiger partial charge in [-0.1, -0.05) is 11.6 Å². The van der Waals surface area contributed by atoms with Crippen LogP contribution in [0.1, 0.15) is 12.0 Å². The third-order valence-corrected chi connectivity index (χ3v) is 5.06. The number of halogens is 1. The van der Waals surface area contributed by atoms with Crippen LogP contribution < -0.4 is 10.5 Å². The first kappa shape index (κ1) is 14.6. The molecule has 106 valence electrons. The molecule has 0 bridgehead atoms. The second-order valence-electron chi connectivity index (χ2n) is 4.72. The monoisotopic (exact) mass is 304 g/mol. The van der Waals surface area contributed by atoms with Crippen LogP contribution in [0, 0.1) is 12.8 Å². The largest absolute Gasteiger partial charge is 0.397 e. The van der Waals surface area contributed by atoms with Gasteiger partial charge in [0.2, 0.25) is 10.0 Å². The molecule has 1 atom stereocenters. The van der Waals surface area contributed by atoms with Crippen LogP contribution >= 0.6 is 11.6 Å². The summed E-state index contributed by atoms with van der Waals surface area (Å²) in [7, 11) is -3.56. The van der Waals surface area contributed by atoms with Crippen molar-refractivity contribution in [1.82, 2.24) is 4.72 Å². The molecule has 1 unspecified atom stereocenters. The second-order valence-corrected chi connectivity index (χ2v) is 6.86. The van der Waals surface area contributed by atoms with Crippen molar-refractivity contribution in [3.8, 4) is 0 Å². The van der Waals surface area contributed by atoms with Crippen molar-refractivity contribution >= 4 is 27.3 Å². The minimum absolute atomic E-state index is 0.174. The number of ether oxygens (including phenoxy) is 1. The zero-order chi connectivity index (χ0) is 14.0. The number of sulfonamides is 1. The van der Waals surface area contributed by atoms with E-state index in [2.05, 4.69) is 4.72 Å². The first-order valence-corrected chi connectivity index (χ1v) is 7.89. The van der Waals surface area contributed by atoms with Gasteiger partial charge in [0.15, 0.2) is 0 Å². The molecule has 1 aromatic rings. The van der Waals surface area contributed by atoms with Gasteiger partial charge in [0.1, 0.15) is 0 Å². The summed E-state index contributed by atoms with van der Waals surface area (Å²) in [5.41, 5.74) is 6.50. The van der Waals surface area contributed by atoms with Gasteiger partial charge in [-0.3, -0.25) is 0 Å². The minimum atomic E-state index is -3.56. The van der Waals surface area contributed by atoms with E-state index in [1.165, 1.54) is 6.07 Å². The fraction of sp³-hybridized carbons (Fsp3) is 0.500. The Morgan fingerprint density at radius 3 is 2.89 bits per heavy atom. The average molecular weight is 305 g/mol. The van der Waals surface area contributed by atoms with E-state index in [1.54, 1.807) is 13.0 Å². The van der Waals surface area contributed by atoms with Crippen LogP contribution in [0.25, 0.3) is 0 Å². The van der Waals surface area contributed by atoms with Crippen molar-refractivity contribution in [2.75, 3.05) is 25.5 Å². The molecule has 0 saturated carbocycles. The first-order valence-electron chi connectivity index (χ1n) is 6.03. The lowest BCUT2D eigenvalue weighted by Crippen LogP contribution is -2.30. The Kier molecular flexibility index (Phi) is 4.35. The van der Waals surface area contributed by atoms with E-state index in [0.717, 1.165) is 6.42 Å². The number of hydrogen-bond donors (Lipinski definition) is 2. The SMILES string of the molecule is Cc1cc(Cl)c(N)cc1S(=O)(=O)NCC1CCOC1. The predicted octanol–water partition coefficient (Wildman–Crippen LogP) is 1.55. The fourth-order valence-corrected chi connectivity index (χ4v) is 3.60. The van der Waals surface area contributed by atoms with Crippen LogP contribution in [0.5, 0.6) is 0 Å². The van der Waals surface area contributed by atoms with Crippen LogP contribution in [0.15, 0.2) is 17.0 Å².